The van der Waals surface area contributed by atoms with Gasteiger partial charge in [-0.1, -0.05) is 31.8 Å². The van der Waals surface area contributed by atoms with Crippen LogP contribution in [0.2, 0.25) is 25.7 Å². The average molecular weight is 633 g/mol. The molecule has 0 atom stereocenters. The van der Waals surface area contributed by atoms with Crippen LogP contribution in [0.15, 0.2) is 47.4 Å². The van der Waals surface area contributed by atoms with Crippen molar-refractivity contribution in [2.24, 2.45) is 0 Å². The summed E-state index contributed by atoms with van der Waals surface area (Å²) in [5.41, 5.74) is -1.27. The summed E-state index contributed by atoms with van der Waals surface area (Å²) < 4.78 is 87.8. The molecule has 1 aliphatic rings. The third-order valence-electron chi connectivity index (χ3n) is 7.08. The van der Waals surface area contributed by atoms with Gasteiger partial charge < -0.3 is 14.8 Å². The Kier molecular flexibility index (Phi) is 8.29. The Morgan fingerprint density at radius 3 is 2.58 bits per heavy atom. The maximum atomic E-state index is 16.2. The van der Waals surface area contributed by atoms with Crippen molar-refractivity contribution in [3.63, 3.8) is 0 Å². The first kappa shape index (κ1) is 30.6. The summed E-state index contributed by atoms with van der Waals surface area (Å²) >= 11 is 0. The highest BCUT2D eigenvalue weighted by molar-refractivity contribution is 7.92. The summed E-state index contributed by atoms with van der Waals surface area (Å²) in [6.45, 7) is 7.13. The van der Waals surface area contributed by atoms with E-state index in [0.29, 0.717) is 25.4 Å². The van der Waals surface area contributed by atoms with Gasteiger partial charge in [0.1, 0.15) is 23.8 Å². The molecule has 9 nitrogen and oxygen atoms in total. The van der Waals surface area contributed by atoms with Crippen molar-refractivity contribution in [2.75, 3.05) is 25.0 Å². The second-order valence-corrected chi connectivity index (χ2v) is 18.7. The minimum atomic E-state index is -4.31. The summed E-state index contributed by atoms with van der Waals surface area (Å²) in [5.74, 6) is -3.65. The molecule has 0 bridgehead atoms. The topological polar surface area (TPSA) is 112 Å². The Morgan fingerprint density at radius 2 is 1.86 bits per heavy atom. The number of amides is 1. The molecule has 228 valence electrons. The molecule has 0 saturated heterocycles. The number of nitrogens with one attached hydrogen (secondary N) is 2. The number of nitrogens with zero attached hydrogens (tertiary/aromatic N) is 2. The largest absolute Gasteiger partial charge is 0.493 e. The van der Waals surface area contributed by atoms with Gasteiger partial charge in [0.25, 0.3) is 15.9 Å². The number of carbonyl (C=O) groups is 1. The Morgan fingerprint density at radius 1 is 1.09 bits per heavy atom. The van der Waals surface area contributed by atoms with E-state index >= 15 is 13.2 Å². The van der Waals surface area contributed by atoms with Gasteiger partial charge in [-0.25, -0.2) is 26.3 Å². The normalized spacial score (nSPS) is 13.2. The van der Waals surface area contributed by atoms with Crippen LogP contribution in [0, 0.1) is 17.5 Å². The fourth-order valence-electron chi connectivity index (χ4n) is 4.73. The second-order valence-electron chi connectivity index (χ2n) is 11.4. The number of ether oxygens (including phenoxy) is 2. The maximum Gasteiger partial charge on any atom is 0.272 e. The van der Waals surface area contributed by atoms with Crippen molar-refractivity contribution < 1.29 is 35.9 Å². The van der Waals surface area contributed by atoms with E-state index in [1.54, 1.807) is 6.07 Å². The molecule has 2 heterocycles. The van der Waals surface area contributed by atoms with Gasteiger partial charge >= 0.3 is 0 Å². The van der Waals surface area contributed by atoms with E-state index < -0.39 is 58.3 Å². The molecule has 1 amide bonds. The van der Waals surface area contributed by atoms with Crippen LogP contribution in [0.1, 0.15) is 16.1 Å². The van der Waals surface area contributed by atoms with E-state index in [2.05, 4.69) is 34.8 Å². The molecule has 0 aliphatic carbocycles. The predicted octanol–water partition coefficient (Wildman–Crippen LogP) is 5.53. The lowest BCUT2D eigenvalue weighted by Crippen LogP contribution is -2.22. The smallest absolute Gasteiger partial charge is 0.272 e. The first-order valence-electron chi connectivity index (χ1n) is 13.6. The molecule has 2 N–H and O–H groups in total. The van der Waals surface area contributed by atoms with E-state index in [-0.39, 0.29) is 28.2 Å². The molecule has 0 spiro atoms. The van der Waals surface area contributed by atoms with Gasteiger partial charge in [0.2, 0.25) is 0 Å². The Bertz CT molecular complexity index is 1840. The van der Waals surface area contributed by atoms with Crippen molar-refractivity contribution >= 4 is 40.6 Å². The van der Waals surface area contributed by atoms with Crippen LogP contribution in [0.5, 0.6) is 5.75 Å². The molecule has 4 aromatic rings. The third-order valence-corrected chi connectivity index (χ3v) is 10.2. The number of fused-ring (bicyclic) bond motifs is 2. The lowest BCUT2D eigenvalue weighted by Gasteiger charge is -2.16. The van der Waals surface area contributed by atoms with Gasteiger partial charge in [-0.3, -0.25) is 9.52 Å². The molecule has 3 aromatic carbocycles. The molecule has 43 heavy (non-hydrogen) atoms. The first-order chi connectivity index (χ1) is 20.3. The number of hydrogen-bond donors (Lipinski definition) is 2. The summed E-state index contributed by atoms with van der Waals surface area (Å²) in [6, 6.07) is 9.37. The number of carbonyl (C=O) groups excluding carboxylic acids is 1. The van der Waals surface area contributed by atoms with Crippen LogP contribution >= 0.6 is 0 Å². The Hall–Kier alpha value is -3.88. The third kappa shape index (κ3) is 6.12. The van der Waals surface area contributed by atoms with Crippen LogP contribution in [-0.4, -0.2) is 52.4 Å². The molecule has 1 aliphatic heterocycles. The zero-order valence-electron chi connectivity index (χ0n) is 24.1. The van der Waals surface area contributed by atoms with E-state index in [9.17, 15) is 13.2 Å². The number of sulfonamides is 1. The molecular formula is C29H31F3N4O5SSi. The monoisotopic (exact) mass is 632 g/mol. The number of rotatable bonds is 10. The van der Waals surface area contributed by atoms with Crippen LogP contribution in [0.3, 0.4) is 0 Å². The van der Waals surface area contributed by atoms with Gasteiger partial charge in [-0.15, -0.1) is 0 Å². The molecule has 14 heteroatoms. The van der Waals surface area contributed by atoms with Gasteiger partial charge in [0.15, 0.2) is 17.3 Å². The Balaban J connectivity index is 1.54. The molecule has 0 radical (unpaired) electrons. The highest BCUT2D eigenvalue weighted by Crippen LogP contribution is 2.37. The van der Waals surface area contributed by atoms with Gasteiger partial charge in [-0.2, -0.15) is 5.10 Å². The van der Waals surface area contributed by atoms with E-state index in [1.165, 1.54) is 25.2 Å². The number of benzene rings is 3. The fraction of sp³-hybridized carbons (Fsp3) is 0.310. The van der Waals surface area contributed by atoms with Crippen molar-refractivity contribution in [3.05, 3.63) is 71.2 Å². The molecule has 0 fully saturated rings. The van der Waals surface area contributed by atoms with Crippen LogP contribution < -0.4 is 14.8 Å². The highest BCUT2D eigenvalue weighted by atomic mass is 32.2. The minimum Gasteiger partial charge on any atom is -0.493 e. The minimum absolute atomic E-state index is 0.0856. The zero-order chi connectivity index (χ0) is 31.1. The highest BCUT2D eigenvalue weighted by Gasteiger charge is 2.27. The standard InChI is InChI=1S/C29H31F3N4O5SSi/c1-33-29(37)27-20-8-7-19(25(31)28(20)36(34-27)16-40-13-14-43(2,3)4)24-21(30)9-10-22(26(24)32)35-42(38,39)18-6-5-17-11-12-41-23(17)15-18/h5-10,15,35H,11-14,16H2,1-4H3,(H,33,37). The molecule has 5 rings (SSSR count). The Labute approximate surface area is 248 Å². The molecular weight excluding hydrogens is 601 g/mol. The average Bonchev–Trinajstić information content (AvgIpc) is 3.57. The summed E-state index contributed by atoms with van der Waals surface area (Å²) in [7, 11) is -4.34. The van der Waals surface area contributed by atoms with Crippen molar-refractivity contribution in [2.45, 2.75) is 43.7 Å². The quantitative estimate of drug-likeness (QED) is 0.176. The lowest BCUT2D eigenvalue weighted by atomic mass is 10.0. The molecule has 0 saturated carbocycles. The first-order valence-corrected chi connectivity index (χ1v) is 18.8. The number of anilines is 1. The van der Waals surface area contributed by atoms with E-state index in [0.717, 1.165) is 34.5 Å². The molecule has 0 unspecified atom stereocenters. The summed E-state index contributed by atoms with van der Waals surface area (Å²) in [6.07, 6.45) is 0.642. The van der Waals surface area contributed by atoms with Crippen molar-refractivity contribution in [3.8, 4) is 16.9 Å². The number of aromatic nitrogens is 2. The van der Waals surface area contributed by atoms with E-state index in [4.69, 9.17) is 9.47 Å². The summed E-state index contributed by atoms with van der Waals surface area (Å²) in [4.78, 5) is 12.3. The van der Waals surface area contributed by atoms with Gasteiger partial charge in [-0.05, 0) is 35.9 Å². The van der Waals surface area contributed by atoms with Crippen LogP contribution in [0.4, 0.5) is 18.9 Å². The second kappa shape index (κ2) is 11.7. The van der Waals surface area contributed by atoms with Gasteiger partial charge in [0.05, 0.1) is 22.8 Å². The predicted molar refractivity (Wildman–Crippen MR) is 159 cm³/mol. The van der Waals surface area contributed by atoms with Crippen LogP contribution in [0.25, 0.3) is 22.0 Å². The molecule has 1 aromatic heterocycles. The van der Waals surface area contributed by atoms with Crippen LogP contribution in [-0.2, 0) is 27.9 Å². The lowest BCUT2D eigenvalue weighted by molar-refractivity contribution is 0.0802. The van der Waals surface area contributed by atoms with Crippen molar-refractivity contribution in [1.82, 2.24) is 15.1 Å². The van der Waals surface area contributed by atoms with E-state index in [1.807, 2.05) is 0 Å². The SMILES string of the molecule is CNC(=O)c1nn(COCC[Si](C)(C)C)c2c(F)c(-c3c(F)ccc(NS(=O)(=O)c4ccc5c(c4)OCC5)c3F)ccc12. The number of halogens is 3. The van der Waals surface area contributed by atoms with Crippen molar-refractivity contribution in [1.29, 1.82) is 0 Å². The fourth-order valence-corrected chi connectivity index (χ4v) is 6.56. The summed E-state index contributed by atoms with van der Waals surface area (Å²) in [5, 5.41) is 6.79. The number of hydrogen-bond acceptors (Lipinski definition) is 6. The maximum absolute atomic E-state index is 16.2. The zero-order valence-corrected chi connectivity index (χ0v) is 25.9. The van der Waals surface area contributed by atoms with Gasteiger partial charge in [0, 0.05) is 45.2 Å².